The van der Waals surface area contributed by atoms with Crippen LogP contribution >= 0.6 is 0 Å². The zero-order chi connectivity index (χ0) is 31.0. The van der Waals surface area contributed by atoms with E-state index in [1.165, 1.54) is 7.11 Å². The number of benzene rings is 2. The Balaban J connectivity index is 1.03. The van der Waals surface area contributed by atoms with E-state index in [0.29, 0.717) is 78.1 Å². The van der Waals surface area contributed by atoms with Crippen molar-refractivity contribution in [1.82, 2.24) is 9.80 Å². The van der Waals surface area contributed by atoms with Crippen molar-refractivity contribution < 1.29 is 33.3 Å². The molecular formula is C34H37N3O7. The zero-order valence-electron chi connectivity index (χ0n) is 25.2. The van der Waals surface area contributed by atoms with Gasteiger partial charge in [0.25, 0.3) is 11.8 Å². The molecule has 2 fully saturated rings. The zero-order valence-corrected chi connectivity index (χ0v) is 25.2. The van der Waals surface area contributed by atoms with Crippen LogP contribution in [0.2, 0.25) is 0 Å². The molecule has 0 unspecified atom stereocenters. The van der Waals surface area contributed by atoms with Crippen LogP contribution in [-0.2, 0) is 11.2 Å². The van der Waals surface area contributed by atoms with Crippen molar-refractivity contribution in [2.75, 3.05) is 40.5 Å². The van der Waals surface area contributed by atoms with E-state index < -0.39 is 6.04 Å². The number of rotatable bonds is 10. The molecule has 0 aliphatic carbocycles. The molecule has 4 aliphatic heterocycles. The normalized spacial score (nSPS) is 20.5. The number of fused-ring (bicyclic) bond motifs is 4. The van der Waals surface area contributed by atoms with Crippen molar-refractivity contribution in [2.45, 2.75) is 50.6 Å². The molecule has 2 saturated heterocycles. The van der Waals surface area contributed by atoms with Gasteiger partial charge in [0.05, 0.1) is 50.8 Å². The van der Waals surface area contributed by atoms with Crippen LogP contribution in [-0.4, -0.2) is 86.2 Å². The second-order valence-corrected chi connectivity index (χ2v) is 11.7. The van der Waals surface area contributed by atoms with Gasteiger partial charge in [-0.05, 0) is 55.9 Å². The predicted octanol–water partition coefficient (Wildman–Crippen LogP) is 4.71. The molecule has 0 spiro atoms. The molecular weight excluding hydrogens is 562 g/mol. The van der Waals surface area contributed by atoms with Crippen LogP contribution in [0.15, 0.2) is 53.6 Å². The summed E-state index contributed by atoms with van der Waals surface area (Å²) in [5.74, 6) is 1.78. The lowest BCUT2D eigenvalue weighted by atomic mass is 9.99. The van der Waals surface area contributed by atoms with Crippen LogP contribution in [0, 0.1) is 0 Å². The third-order valence-corrected chi connectivity index (χ3v) is 8.62. The van der Waals surface area contributed by atoms with Crippen molar-refractivity contribution >= 4 is 29.5 Å². The minimum Gasteiger partial charge on any atom is -0.493 e. The van der Waals surface area contributed by atoms with Gasteiger partial charge in [-0.15, -0.1) is 0 Å². The molecule has 2 aromatic carbocycles. The van der Waals surface area contributed by atoms with Gasteiger partial charge in [0, 0.05) is 37.4 Å². The van der Waals surface area contributed by atoms with E-state index in [4.69, 9.17) is 18.9 Å². The highest BCUT2D eigenvalue weighted by molar-refractivity contribution is 6.05. The second kappa shape index (κ2) is 12.2. The van der Waals surface area contributed by atoms with E-state index in [1.807, 2.05) is 6.21 Å². The molecule has 4 aliphatic rings. The number of amides is 2. The van der Waals surface area contributed by atoms with Crippen LogP contribution < -0.4 is 18.9 Å². The highest BCUT2D eigenvalue weighted by Crippen LogP contribution is 2.39. The van der Waals surface area contributed by atoms with Crippen LogP contribution in [0.1, 0.15) is 58.4 Å². The van der Waals surface area contributed by atoms with Gasteiger partial charge >= 0.3 is 0 Å². The summed E-state index contributed by atoms with van der Waals surface area (Å²) in [6, 6.07) is 6.40. The van der Waals surface area contributed by atoms with Gasteiger partial charge < -0.3 is 28.7 Å². The monoisotopic (exact) mass is 599 g/mol. The van der Waals surface area contributed by atoms with E-state index in [9.17, 15) is 14.4 Å². The molecule has 0 bridgehead atoms. The molecule has 0 saturated carbocycles. The molecule has 10 heteroatoms. The Kier molecular flexibility index (Phi) is 8.16. The number of carbonyl (C=O) groups is 3. The topological polar surface area (TPSA) is 107 Å². The van der Waals surface area contributed by atoms with Crippen molar-refractivity contribution in [1.29, 1.82) is 0 Å². The van der Waals surface area contributed by atoms with Crippen molar-refractivity contribution in [3.63, 3.8) is 0 Å². The summed E-state index contributed by atoms with van der Waals surface area (Å²) in [5, 5.41) is 0. The second-order valence-electron chi connectivity index (χ2n) is 11.7. The molecule has 44 heavy (non-hydrogen) atoms. The van der Waals surface area contributed by atoms with Gasteiger partial charge in [-0.1, -0.05) is 24.3 Å². The maximum Gasteiger partial charge on any atom is 0.257 e. The van der Waals surface area contributed by atoms with Crippen LogP contribution in [0.5, 0.6) is 23.0 Å². The average molecular weight is 600 g/mol. The molecule has 2 aromatic rings. The van der Waals surface area contributed by atoms with Crippen molar-refractivity contribution in [2.24, 2.45) is 4.99 Å². The molecule has 0 N–H and O–H groups in total. The summed E-state index contributed by atoms with van der Waals surface area (Å²) < 4.78 is 23.2. The van der Waals surface area contributed by atoms with Crippen LogP contribution in [0.3, 0.4) is 0 Å². The number of hydrogen-bond acceptors (Lipinski definition) is 8. The van der Waals surface area contributed by atoms with Gasteiger partial charge in [-0.2, -0.15) is 0 Å². The number of Topliss-reactive ketones (excluding diaryl/α,β-unsaturated/α-hetero) is 1. The number of ether oxygens (including phenoxy) is 4. The molecule has 0 radical (unpaired) electrons. The smallest absolute Gasteiger partial charge is 0.257 e. The SMILES string of the molecule is C=C1C[C@H]2C=Nc3cc(OCCCCCOc4cc5c(cc4OC)C(=O)N4CC(=C)C[C@H]4C(=O)C5)c(OC)cc3C(=O)N2C1. The van der Waals surface area contributed by atoms with Crippen molar-refractivity contribution in [3.8, 4) is 23.0 Å². The first kappa shape index (κ1) is 29.5. The largest absolute Gasteiger partial charge is 0.493 e. The molecule has 10 nitrogen and oxygen atoms in total. The first-order valence-corrected chi connectivity index (χ1v) is 15.0. The summed E-state index contributed by atoms with van der Waals surface area (Å²) in [7, 11) is 3.09. The van der Waals surface area contributed by atoms with Crippen molar-refractivity contribution in [3.05, 3.63) is 65.3 Å². The highest BCUT2D eigenvalue weighted by atomic mass is 16.5. The number of methoxy groups -OCH3 is 2. The molecule has 2 amide bonds. The molecule has 6 rings (SSSR count). The third kappa shape index (κ3) is 5.56. The Hall–Kier alpha value is -4.60. The van der Waals surface area contributed by atoms with E-state index in [-0.39, 0.29) is 30.1 Å². The molecule has 230 valence electrons. The van der Waals surface area contributed by atoms with Crippen LogP contribution in [0.4, 0.5) is 5.69 Å². The molecule has 4 heterocycles. The Morgan fingerprint density at radius 3 is 2.09 bits per heavy atom. The highest BCUT2D eigenvalue weighted by Gasteiger charge is 2.40. The summed E-state index contributed by atoms with van der Waals surface area (Å²) in [6.45, 7) is 9.83. The van der Waals surface area contributed by atoms with E-state index in [0.717, 1.165) is 36.8 Å². The predicted molar refractivity (Wildman–Crippen MR) is 165 cm³/mol. The first-order chi connectivity index (χ1) is 21.3. The fourth-order valence-electron chi connectivity index (χ4n) is 6.33. The minimum absolute atomic E-state index is 0.0167. The standard InChI is InChI=1S/C34H37N3O7/c1-20-10-23-17-35-26-16-32(30(42-4)15-25(26)34(40)36(23)18-20)44-9-7-5-6-8-43-31-13-22-12-28(38)27-11-21(2)19-37(27)33(39)24(22)14-29(31)41-3/h13-17,23,27H,1-2,5-12,18-19H2,3-4H3/t23-,27-/m0/s1. The number of ketones is 1. The quantitative estimate of drug-likeness (QED) is 0.288. The van der Waals surface area contributed by atoms with E-state index in [1.54, 1.807) is 41.2 Å². The summed E-state index contributed by atoms with van der Waals surface area (Å²) in [4.78, 5) is 47.3. The fraction of sp³-hybridized carbons (Fsp3) is 0.412. The lowest BCUT2D eigenvalue weighted by Crippen LogP contribution is -2.38. The Labute approximate surface area is 256 Å². The lowest BCUT2D eigenvalue weighted by Gasteiger charge is -2.20. The number of nitrogens with zero attached hydrogens (tertiary/aromatic N) is 3. The van der Waals surface area contributed by atoms with Gasteiger partial charge in [0.1, 0.15) is 0 Å². The Morgan fingerprint density at radius 2 is 1.39 bits per heavy atom. The lowest BCUT2D eigenvalue weighted by molar-refractivity contribution is -0.121. The summed E-state index contributed by atoms with van der Waals surface area (Å²) in [6.07, 6.45) is 5.61. The third-order valence-electron chi connectivity index (χ3n) is 8.62. The first-order valence-electron chi connectivity index (χ1n) is 15.0. The molecule has 0 aromatic heterocycles. The number of hydrogen-bond donors (Lipinski definition) is 0. The Bertz CT molecular complexity index is 1580. The van der Waals surface area contributed by atoms with Gasteiger partial charge in [0.15, 0.2) is 28.8 Å². The minimum atomic E-state index is -0.445. The fourth-order valence-corrected chi connectivity index (χ4v) is 6.33. The average Bonchev–Trinajstić information content (AvgIpc) is 3.55. The number of unbranched alkanes of at least 4 members (excludes halogenated alkanes) is 2. The van der Waals surface area contributed by atoms with Crippen LogP contribution in [0.25, 0.3) is 0 Å². The maximum absolute atomic E-state index is 13.2. The molecule has 2 atom stereocenters. The maximum atomic E-state index is 13.2. The van der Waals surface area contributed by atoms with Gasteiger partial charge in [0.2, 0.25) is 0 Å². The van der Waals surface area contributed by atoms with E-state index >= 15 is 0 Å². The van der Waals surface area contributed by atoms with Gasteiger partial charge in [-0.25, -0.2) is 0 Å². The van der Waals surface area contributed by atoms with Gasteiger partial charge in [-0.3, -0.25) is 19.4 Å². The summed E-state index contributed by atoms with van der Waals surface area (Å²) >= 11 is 0. The number of carbonyl (C=O) groups excluding carboxylic acids is 3. The van der Waals surface area contributed by atoms with E-state index in [2.05, 4.69) is 18.2 Å². The Morgan fingerprint density at radius 1 is 0.773 bits per heavy atom. The number of aliphatic imine (C=N–C) groups is 1. The summed E-state index contributed by atoms with van der Waals surface area (Å²) in [5.41, 5.74) is 4.12.